The van der Waals surface area contributed by atoms with Crippen LogP contribution in [-0.4, -0.2) is 36.7 Å². The molecule has 0 bridgehead atoms. The summed E-state index contributed by atoms with van der Waals surface area (Å²) in [4.78, 5) is 10.1. The van der Waals surface area contributed by atoms with E-state index in [9.17, 15) is 0 Å². The molecule has 2 rings (SSSR count). The molecule has 1 aliphatic rings. The lowest BCUT2D eigenvalue weighted by Crippen LogP contribution is -2.69. The molecule has 0 spiro atoms. The van der Waals surface area contributed by atoms with Gasteiger partial charge in [-0.1, -0.05) is 13.8 Å². The number of nitrogens with zero attached hydrogens (tertiary/aromatic N) is 2. The van der Waals surface area contributed by atoms with Crippen LogP contribution in [0.15, 0.2) is 4.99 Å². The molecular formula is C16H29IN4OS. The summed E-state index contributed by atoms with van der Waals surface area (Å²) >= 11 is 1.73. The Morgan fingerprint density at radius 1 is 1.39 bits per heavy atom. The van der Waals surface area contributed by atoms with Crippen LogP contribution in [0.1, 0.15) is 42.8 Å². The van der Waals surface area contributed by atoms with Gasteiger partial charge in [0, 0.05) is 30.5 Å². The maximum atomic E-state index is 5.68. The summed E-state index contributed by atoms with van der Waals surface area (Å²) in [5.74, 6) is 0.835. The van der Waals surface area contributed by atoms with Crippen molar-refractivity contribution in [3.05, 3.63) is 15.6 Å². The normalized spacial score (nSPS) is 26.2. The van der Waals surface area contributed by atoms with Crippen LogP contribution in [0.25, 0.3) is 0 Å². The smallest absolute Gasteiger partial charge is 0.191 e. The van der Waals surface area contributed by atoms with Gasteiger partial charge in [0.05, 0.1) is 22.8 Å². The quantitative estimate of drug-likeness (QED) is 0.419. The van der Waals surface area contributed by atoms with Crippen LogP contribution in [0.5, 0.6) is 0 Å². The molecule has 0 saturated heterocycles. The zero-order valence-corrected chi connectivity index (χ0v) is 18.3. The number of aliphatic imine (C=N–C) groups is 1. The summed E-state index contributed by atoms with van der Waals surface area (Å²) in [6, 6.07) is 0.355. The van der Waals surface area contributed by atoms with E-state index in [1.165, 1.54) is 4.88 Å². The van der Waals surface area contributed by atoms with Gasteiger partial charge >= 0.3 is 0 Å². The second-order valence-corrected chi connectivity index (χ2v) is 8.01. The van der Waals surface area contributed by atoms with Gasteiger partial charge in [-0.2, -0.15) is 0 Å². The summed E-state index contributed by atoms with van der Waals surface area (Å²) in [6.45, 7) is 11.5. The standard InChI is InChI=1S/C16H28N4OS.HI/c1-10-12(22-11(2)19-10)9-18-14(17-6)20-13-8-16(5,21-7)15(13,3)4;/h13H,8-9H2,1-7H3,(H2,17,18,20);1H. The Balaban J connectivity index is 0.00000264. The number of aromatic nitrogens is 1. The number of aryl methyl sites for hydroxylation is 2. The summed E-state index contributed by atoms with van der Waals surface area (Å²) in [7, 11) is 3.60. The fraction of sp³-hybridized carbons (Fsp3) is 0.750. The van der Waals surface area contributed by atoms with E-state index in [1.54, 1.807) is 25.5 Å². The molecular weight excluding hydrogens is 423 g/mol. The predicted molar refractivity (Wildman–Crippen MR) is 108 cm³/mol. The lowest BCUT2D eigenvalue weighted by molar-refractivity contribution is -0.176. The van der Waals surface area contributed by atoms with E-state index in [4.69, 9.17) is 4.74 Å². The molecule has 2 unspecified atom stereocenters. The van der Waals surface area contributed by atoms with Gasteiger partial charge in [-0.05, 0) is 27.2 Å². The van der Waals surface area contributed by atoms with Crippen molar-refractivity contribution in [1.29, 1.82) is 0 Å². The molecule has 0 radical (unpaired) electrons. The molecule has 1 aromatic heterocycles. The number of hydrogen-bond donors (Lipinski definition) is 2. The van der Waals surface area contributed by atoms with Gasteiger partial charge in [0.15, 0.2) is 5.96 Å². The van der Waals surface area contributed by atoms with Crippen molar-refractivity contribution in [2.75, 3.05) is 14.2 Å². The molecule has 1 saturated carbocycles. The van der Waals surface area contributed by atoms with Gasteiger partial charge < -0.3 is 15.4 Å². The molecule has 132 valence electrons. The fourth-order valence-electron chi connectivity index (χ4n) is 2.98. The first kappa shape index (κ1) is 20.6. The number of halogens is 1. The van der Waals surface area contributed by atoms with Crippen LogP contribution in [0.4, 0.5) is 0 Å². The predicted octanol–water partition coefficient (Wildman–Crippen LogP) is 3.25. The summed E-state index contributed by atoms with van der Waals surface area (Å²) in [5, 5.41) is 8.02. The highest BCUT2D eigenvalue weighted by Crippen LogP contribution is 2.51. The number of nitrogens with one attached hydrogen (secondary N) is 2. The van der Waals surface area contributed by atoms with Crippen molar-refractivity contribution in [2.24, 2.45) is 10.4 Å². The van der Waals surface area contributed by atoms with E-state index < -0.39 is 0 Å². The maximum absolute atomic E-state index is 5.68. The number of thiazole rings is 1. The summed E-state index contributed by atoms with van der Waals surface area (Å²) in [5.41, 5.74) is 1.09. The monoisotopic (exact) mass is 452 g/mol. The molecule has 2 atom stereocenters. The Morgan fingerprint density at radius 3 is 2.48 bits per heavy atom. The Hall–Kier alpha value is -0.410. The number of ether oxygens (including phenoxy) is 1. The third-order valence-electron chi connectivity index (χ3n) is 5.23. The van der Waals surface area contributed by atoms with E-state index in [-0.39, 0.29) is 35.0 Å². The van der Waals surface area contributed by atoms with E-state index in [1.807, 2.05) is 6.92 Å². The van der Waals surface area contributed by atoms with Gasteiger partial charge in [-0.3, -0.25) is 4.99 Å². The lowest BCUT2D eigenvalue weighted by Gasteiger charge is -2.59. The van der Waals surface area contributed by atoms with Crippen LogP contribution >= 0.6 is 35.3 Å². The molecule has 1 aliphatic carbocycles. The second kappa shape index (κ2) is 7.65. The molecule has 7 heteroatoms. The van der Waals surface area contributed by atoms with Gasteiger partial charge in [-0.25, -0.2) is 4.98 Å². The average Bonchev–Trinajstić information content (AvgIpc) is 2.79. The molecule has 1 heterocycles. The Labute approximate surface area is 160 Å². The number of methoxy groups -OCH3 is 1. The van der Waals surface area contributed by atoms with Crippen LogP contribution in [0.3, 0.4) is 0 Å². The van der Waals surface area contributed by atoms with Crippen LogP contribution in [0.2, 0.25) is 0 Å². The van der Waals surface area contributed by atoms with E-state index in [0.29, 0.717) is 6.04 Å². The molecule has 0 aliphatic heterocycles. The second-order valence-electron chi connectivity index (χ2n) is 6.72. The average molecular weight is 452 g/mol. The van der Waals surface area contributed by atoms with Crippen LogP contribution < -0.4 is 10.6 Å². The number of guanidine groups is 1. The van der Waals surface area contributed by atoms with Crippen molar-refractivity contribution in [3.8, 4) is 0 Å². The van der Waals surface area contributed by atoms with Crippen LogP contribution in [0, 0.1) is 19.3 Å². The Bertz CT molecular complexity index is 572. The highest BCUT2D eigenvalue weighted by Gasteiger charge is 2.58. The van der Waals surface area contributed by atoms with Gasteiger partial charge in [0.25, 0.3) is 0 Å². The van der Waals surface area contributed by atoms with E-state index in [2.05, 4.69) is 48.3 Å². The molecule has 2 N–H and O–H groups in total. The van der Waals surface area contributed by atoms with E-state index in [0.717, 1.165) is 29.6 Å². The minimum Gasteiger partial charge on any atom is -0.378 e. The highest BCUT2D eigenvalue weighted by atomic mass is 127. The maximum Gasteiger partial charge on any atom is 0.191 e. The first-order valence-corrected chi connectivity index (χ1v) is 8.50. The summed E-state index contributed by atoms with van der Waals surface area (Å²) < 4.78 is 5.68. The van der Waals surface area contributed by atoms with E-state index >= 15 is 0 Å². The zero-order chi connectivity index (χ0) is 16.5. The molecule has 0 amide bonds. The molecule has 23 heavy (non-hydrogen) atoms. The lowest BCUT2D eigenvalue weighted by atomic mass is 9.56. The third-order valence-corrected chi connectivity index (χ3v) is 6.30. The first-order chi connectivity index (χ1) is 10.2. The number of hydrogen-bond acceptors (Lipinski definition) is 4. The SMILES string of the molecule is CN=C(NCc1sc(C)nc1C)NC1CC(C)(OC)C1(C)C.I. The van der Waals surface area contributed by atoms with Gasteiger partial charge in [0.2, 0.25) is 0 Å². The number of rotatable bonds is 4. The first-order valence-electron chi connectivity index (χ1n) is 7.68. The molecule has 1 aromatic rings. The Morgan fingerprint density at radius 2 is 2.04 bits per heavy atom. The molecule has 0 aromatic carbocycles. The summed E-state index contributed by atoms with van der Waals surface area (Å²) in [6.07, 6.45) is 0.982. The van der Waals surface area contributed by atoms with Crippen molar-refractivity contribution in [1.82, 2.24) is 15.6 Å². The van der Waals surface area contributed by atoms with Crippen molar-refractivity contribution >= 4 is 41.3 Å². The van der Waals surface area contributed by atoms with Crippen molar-refractivity contribution < 1.29 is 4.74 Å². The Kier molecular flexibility index (Phi) is 6.86. The molecule has 5 nitrogen and oxygen atoms in total. The third kappa shape index (κ3) is 3.99. The van der Waals surface area contributed by atoms with Crippen molar-refractivity contribution in [3.63, 3.8) is 0 Å². The molecule has 1 fully saturated rings. The fourth-order valence-corrected chi connectivity index (χ4v) is 3.86. The topological polar surface area (TPSA) is 58.5 Å². The minimum absolute atomic E-state index is 0. The van der Waals surface area contributed by atoms with Gasteiger partial charge in [-0.15, -0.1) is 35.3 Å². The zero-order valence-electron chi connectivity index (χ0n) is 15.1. The van der Waals surface area contributed by atoms with Gasteiger partial charge in [0.1, 0.15) is 0 Å². The minimum atomic E-state index is -0.0745. The van der Waals surface area contributed by atoms with Crippen molar-refractivity contribution in [2.45, 2.75) is 59.2 Å². The largest absolute Gasteiger partial charge is 0.378 e. The van der Waals surface area contributed by atoms with Crippen LogP contribution in [-0.2, 0) is 11.3 Å². The highest BCUT2D eigenvalue weighted by molar-refractivity contribution is 14.0.